The predicted molar refractivity (Wildman–Crippen MR) is 168 cm³/mol. The molecule has 0 fully saturated rings. The molecular weight excluding hydrogens is 562 g/mol. The average Bonchev–Trinajstić information content (AvgIpc) is 3.48. The van der Waals surface area contributed by atoms with Gasteiger partial charge in [-0.1, -0.05) is 72.4 Å². The molecule has 0 unspecified atom stereocenters. The van der Waals surface area contributed by atoms with E-state index in [1.165, 1.54) is 11.8 Å². The molecule has 1 amide bonds. The summed E-state index contributed by atoms with van der Waals surface area (Å²) < 4.78 is 18.9. The lowest BCUT2D eigenvalue weighted by atomic mass is 10.2. The Labute approximate surface area is 254 Å². The number of carbonyl (C=O) groups is 1. The lowest BCUT2D eigenvalue weighted by Crippen LogP contribution is -2.20. The summed E-state index contributed by atoms with van der Waals surface area (Å²) in [6, 6.07) is 32.8. The van der Waals surface area contributed by atoms with Gasteiger partial charge in [0.05, 0.1) is 25.7 Å². The van der Waals surface area contributed by atoms with E-state index in [0.29, 0.717) is 35.7 Å². The molecule has 0 aliphatic carbocycles. The fraction of sp³-hybridized carbons (Fsp3) is 0.152. The number of amides is 1. The van der Waals surface area contributed by atoms with Crippen LogP contribution in [0.3, 0.4) is 0 Å². The van der Waals surface area contributed by atoms with Gasteiger partial charge in [-0.2, -0.15) is 5.10 Å². The third kappa shape index (κ3) is 7.81. The number of hydrogen-bond donors (Lipinski definition) is 1. The summed E-state index contributed by atoms with van der Waals surface area (Å²) in [5.74, 6) is 2.46. The van der Waals surface area contributed by atoms with Gasteiger partial charge in [-0.3, -0.25) is 9.36 Å². The second kappa shape index (κ2) is 14.7. The van der Waals surface area contributed by atoms with Crippen LogP contribution < -0.4 is 19.6 Å². The first-order chi connectivity index (χ1) is 21.1. The van der Waals surface area contributed by atoms with Crippen molar-refractivity contribution in [3.05, 3.63) is 114 Å². The van der Waals surface area contributed by atoms with Crippen LogP contribution in [0.25, 0.3) is 17.1 Å². The van der Waals surface area contributed by atoms with E-state index >= 15 is 0 Å². The average molecular weight is 594 g/mol. The molecule has 0 aliphatic heterocycles. The van der Waals surface area contributed by atoms with Gasteiger partial charge >= 0.3 is 0 Å². The summed E-state index contributed by atoms with van der Waals surface area (Å²) in [7, 11) is 1.59. The number of nitrogens with one attached hydrogen (secondary N) is 1. The zero-order chi connectivity index (χ0) is 29.9. The molecule has 0 radical (unpaired) electrons. The van der Waals surface area contributed by atoms with Crippen molar-refractivity contribution in [3.8, 4) is 34.3 Å². The van der Waals surface area contributed by atoms with E-state index < -0.39 is 0 Å². The van der Waals surface area contributed by atoms with Crippen LogP contribution in [0.2, 0.25) is 0 Å². The van der Waals surface area contributed by atoms with Crippen LogP contribution in [-0.4, -0.2) is 46.4 Å². The van der Waals surface area contributed by atoms with Gasteiger partial charge in [0, 0.05) is 11.3 Å². The van der Waals surface area contributed by atoms with Gasteiger partial charge in [-0.05, 0) is 60.5 Å². The van der Waals surface area contributed by atoms with Crippen molar-refractivity contribution in [1.29, 1.82) is 0 Å². The number of methoxy groups -OCH3 is 1. The molecule has 1 heterocycles. The minimum atomic E-state index is -0.280. The lowest BCUT2D eigenvalue weighted by molar-refractivity contribution is -0.118. The zero-order valence-electron chi connectivity index (χ0n) is 23.8. The fourth-order valence-electron chi connectivity index (χ4n) is 4.19. The monoisotopic (exact) mass is 593 g/mol. The Balaban J connectivity index is 1.24. The Morgan fingerprint density at radius 1 is 0.907 bits per heavy atom. The fourth-order valence-corrected chi connectivity index (χ4v) is 4.94. The van der Waals surface area contributed by atoms with Crippen LogP contribution in [0.1, 0.15) is 18.1 Å². The minimum absolute atomic E-state index is 0.0926. The highest BCUT2D eigenvalue weighted by molar-refractivity contribution is 7.99. The molecule has 1 aromatic heterocycles. The maximum atomic E-state index is 12.7. The second-order valence-corrected chi connectivity index (χ2v) is 10.1. The summed E-state index contributed by atoms with van der Waals surface area (Å²) in [5, 5.41) is 13.5. The highest BCUT2D eigenvalue weighted by Crippen LogP contribution is 2.30. The molecule has 1 N–H and O–H groups in total. The molecule has 5 rings (SSSR count). The summed E-state index contributed by atoms with van der Waals surface area (Å²) in [6.07, 6.45) is 1.56. The largest absolute Gasteiger partial charge is 0.494 e. The summed E-state index contributed by atoms with van der Waals surface area (Å²) in [5.41, 5.74) is 6.16. The molecule has 4 aromatic carbocycles. The van der Waals surface area contributed by atoms with Gasteiger partial charge in [0.15, 0.2) is 22.5 Å². The molecule has 218 valence electrons. The zero-order valence-corrected chi connectivity index (χ0v) is 24.7. The molecule has 10 heteroatoms. The van der Waals surface area contributed by atoms with Crippen molar-refractivity contribution < 1.29 is 19.0 Å². The minimum Gasteiger partial charge on any atom is -0.494 e. The maximum absolute atomic E-state index is 12.7. The molecule has 0 saturated heterocycles. The van der Waals surface area contributed by atoms with Crippen molar-refractivity contribution in [3.63, 3.8) is 0 Å². The molecule has 0 bridgehead atoms. The quantitative estimate of drug-likeness (QED) is 0.0991. The third-order valence-corrected chi connectivity index (χ3v) is 7.16. The SMILES string of the molecule is CCOc1ccc(-n2c(SCC(=O)N/N=C/c3ccc(OC)c(OCc4ccccc4)c3)nnc2-c2ccccc2)cc1. The lowest BCUT2D eigenvalue weighted by Gasteiger charge is -2.11. The first-order valence-corrected chi connectivity index (χ1v) is 14.7. The Kier molecular flexibility index (Phi) is 10.0. The van der Waals surface area contributed by atoms with Crippen LogP contribution in [0.15, 0.2) is 113 Å². The number of hydrogen-bond acceptors (Lipinski definition) is 8. The van der Waals surface area contributed by atoms with Crippen molar-refractivity contribution >= 4 is 23.9 Å². The Bertz CT molecular complexity index is 1660. The number of carbonyl (C=O) groups excluding carboxylic acids is 1. The van der Waals surface area contributed by atoms with Gasteiger partial charge in [-0.25, -0.2) is 5.43 Å². The number of thioether (sulfide) groups is 1. The molecule has 5 aromatic rings. The Morgan fingerprint density at radius 2 is 1.65 bits per heavy atom. The van der Waals surface area contributed by atoms with E-state index in [0.717, 1.165) is 28.1 Å². The second-order valence-electron chi connectivity index (χ2n) is 9.20. The number of nitrogens with zero attached hydrogens (tertiary/aromatic N) is 4. The van der Waals surface area contributed by atoms with Crippen molar-refractivity contribution in [2.45, 2.75) is 18.7 Å². The van der Waals surface area contributed by atoms with Gasteiger partial charge in [0.25, 0.3) is 5.91 Å². The molecule has 43 heavy (non-hydrogen) atoms. The molecule has 9 nitrogen and oxygen atoms in total. The summed E-state index contributed by atoms with van der Waals surface area (Å²) in [4.78, 5) is 12.7. The third-order valence-electron chi connectivity index (χ3n) is 6.23. The van der Waals surface area contributed by atoms with Crippen molar-refractivity contribution in [1.82, 2.24) is 20.2 Å². The first kappa shape index (κ1) is 29.4. The van der Waals surface area contributed by atoms with E-state index in [-0.39, 0.29) is 11.7 Å². The molecule has 0 aliphatic rings. The van der Waals surface area contributed by atoms with E-state index in [4.69, 9.17) is 14.2 Å². The predicted octanol–water partition coefficient (Wildman–Crippen LogP) is 6.16. The molecule has 0 saturated carbocycles. The van der Waals surface area contributed by atoms with Gasteiger partial charge < -0.3 is 14.2 Å². The van der Waals surface area contributed by atoms with E-state index in [9.17, 15) is 4.79 Å². The number of hydrazone groups is 1. The van der Waals surface area contributed by atoms with Gasteiger partial charge in [0.2, 0.25) is 0 Å². The van der Waals surface area contributed by atoms with Crippen LogP contribution in [0.5, 0.6) is 17.2 Å². The van der Waals surface area contributed by atoms with E-state index in [1.807, 2.05) is 109 Å². The number of benzene rings is 4. The number of ether oxygens (including phenoxy) is 3. The highest BCUT2D eigenvalue weighted by atomic mass is 32.2. The van der Waals surface area contributed by atoms with Crippen LogP contribution in [0.4, 0.5) is 0 Å². The van der Waals surface area contributed by atoms with Crippen LogP contribution >= 0.6 is 11.8 Å². The summed E-state index contributed by atoms with van der Waals surface area (Å²) in [6.45, 7) is 2.93. The summed E-state index contributed by atoms with van der Waals surface area (Å²) >= 11 is 1.27. The van der Waals surface area contributed by atoms with Crippen LogP contribution in [-0.2, 0) is 11.4 Å². The van der Waals surface area contributed by atoms with Crippen molar-refractivity contribution in [2.75, 3.05) is 19.5 Å². The smallest absolute Gasteiger partial charge is 0.250 e. The Hall–Kier alpha value is -5.09. The van der Waals surface area contributed by atoms with E-state index in [2.05, 4.69) is 20.7 Å². The number of aromatic nitrogens is 3. The van der Waals surface area contributed by atoms with Gasteiger partial charge in [-0.15, -0.1) is 10.2 Å². The highest BCUT2D eigenvalue weighted by Gasteiger charge is 2.17. The molecule has 0 spiro atoms. The molecule has 0 atom stereocenters. The normalized spacial score (nSPS) is 10.9. The maximum Gasteiger partial charge on any atom is 0.250 e. The number of rotatable bonds is 13. The standard InChI is InChI=1S/C33H31N5O4S/c1-3-41-28-17-15-27(16-18-28)38-32(26-12-8-5-9-13-26)36-37-33(38)43-23-31(39)35-34-21-25-14-19-29(40-2)30(20-25)42-22-24-10-6-4-7-11-24/h4-21H,3,22-23H2,1-2H3,(H,35,39)/b34-21+. The van der Waals surface area contributed by atoms with Crippen molar-refractivity contribution in [2.24, 2.45) is 5.10 Å². The van der Waals surface area contributed by atoms with Gasteiger partial charge in [0.1, 0.15) is 12.4 Å². The van der Waals surface area contributed by atoms with Crippen LogP contribution in [0, 0.1) is 0 Å². The Morgan fingerprint density at radius 3 is 2.37 bits per heavy atom. The first-order valence-electron chi connectivity index (χ1n) is 13.7. The topological polar surface area (TPSA) is 99.9 Å². The molecular formula is C33H31N5O4S. The van der Waals surface area contributed by atoms with E-state index in [1.54, 1.807) is 19.4 Å².